The molecule has 8 heteroatoms. The topological polar surface area (TPSA) is 41.4 Å². The molecular weight excluding hydrogens is 426 g/mol. The average molecular weight is 449 g/mol. The summed E-state index contributed by atoms with van der Waals surface area (Å²) < 4.78 is 16.2. The van der Waals surface area contributed by atoms with Crippen LogP contribution in [0.3, 0.4) is 0 Å². The molecule has 0 aliphatic heterocycles. The molecule has 0 radical (unpaired) electrons. The second-order valence-corrected chi connectivity index (χ2v) is 8.04. The van der Waals surface area contributed by atoms with Gasteiger partial charge in [0.25, 0.3) is 5.91 Å². The number of likely N-dealkylation sites (N-methyl/N-ethyl adjacent to an activating group) is 1. The van der Waals surface area contributed by atoms with E-state index in [0.29, 0.717) is 35.5 Å². The fraction of sp³-hybridized carbons (Fsp3) is 0.273. The van der Waals surface area contributed by atoms with Gasteiger partial charge in [0.15, 0.2) is 0 Å². The van der Waals surface area contributed by atoms with Crippen LogP contribution in [0.2, 0.25) is 10.0 Å². The Hall–Kier alpha value is -2.41. The quantitative estimate of drug-likeness (QED) is 0.506. The monoisotopic (exact) mass is 448 g/mol. The van der Waals surface area contributed by atoms with E-state index in [1.807, 2.05) is 41.9 Å². The zero-order valence-electron chi connectivity index (χ0n) is 16.9. The van der Waals surface area contributed by atoms with Gasteiger partial charge in [-0.05, 0) is 43.9 Å². The second-order valence-electron chi connectivity index (χ2n) is 7.23. The molecule has 0 saturated carbocycles. The fourth-order valence-electron chi connectivity index (χ4n) is 3.02. The molecule has 1 aromatic heterocycles. The molecule has 0 spiro atoms. The third-order valence-corrected chi connectivity index (χ3v) is 5.42. The summed E-state index contributed by atoms with van der Waals surface area (Å²) in [5, 5.41) is 0.981. The number of carbonyl (C=O) groups is 1. The van der Waals surface area contributed by atoms with Crippen molar-refractivity contribution in [3.63, 3.8) is 0 Å². The number of aromatic nitrogens is 2. The fourth-order valence-corrected chi connectivity index (χ4v) is 3.34. The van der Waals surface area contributed by atoms with Crippen molar-refractivity contribution in [3.05, 3.63) is 87.7 Å². The normalized spacial score (nSPS) is 11.1. The number of amides is 1. The zero-order chi connectivity index (χ0) is 21.7. The van der Waals surface area contributed by atoms with Gasteiger partial charge in [-0.15, -0.1) is 0 Å². The maximum atomic E-state index is 14.2. The summed E-state index contributed by atoms with van der Waals surface area (Å²) >= 11 is 12.1. The Labute approximate surface area is 185 Å². The summed E-state index contributed by atoms with van der Waals surface area (Å²) in [4.78, 5) is 21.1. The third kappa shape index (κ3) is 5.59. The molecule has 3 aromatic rings. The van der Waals surface area contributed by atoms with Crippen LogP contribution in [0.15, 0.2) is 54.9 Å². The Morgan fingerprint density at radius 1 is 1.10 bits per heavy atom. The van der Waals surface area contributed by atoms with Gasteiger partial charge in [0.1, 0.15) is 11.6 Å². The lowest BCUT2D eigenvalue weighted by atomic mass is 10.2. The van der Waals surface area contributed by atoms with Crippen LogP contribution in [-0.4, -0.2) is 52.4 Å². The molecule has 0 aliphatic carbocycles. The van der Waals surface area contributed by atoms with E-state index in [1.54, 1.807) is 29.3 Å². The molecule has 1 amide bonds. The Bertz CT molecular complexity index is 1020. The Balaban J connectivity index is 1.82. The van der Waals surface area contributed by atoms with Crippen LogP contribution in [0.1, 0.15) is 21.7 Å². The van der Waals surface area contributed by atoms with Crippen LogP contribution < -0.4 is 0 Å². The first-order valence-corrected chi connectivity index (χ1v) is 10.2. The van der Waals surface area contributed by atoms with E-state index in [9.17, 15) is 9.18 Å². The van der Waals surface area contributed by atoms with Crippen LogP contribution in [0.25, 0.3) is 0 Å². The number of carbonyl (C=O) groups excluding carboxylic acids is 1. The minimum absolute atomic E-state index is 0.0545. The van der Waals surface area contributed by atoms with Crippen LogP contribution in [0.5, 0.6) is 0 Å². The van der Waals surface area contributed by atoms with Crippen LogP contribution in [0.4, 0.5) is 4.39 Å². The van der Waals surface area contributed by atoms with Crippen LogP contribution in [-0.2, 0) is 13.1 Å². The zero-order valence-corrected chi connectivity index (χ0v) is 18.4. The SMILES string of the molecule is CN(C)CCN(Cc1nccn1Cc1ccc(Cl)c(Cl)c1)C(=O)c1ccccc1F. The summed E-state index contributed by atoms with van der Waals surface area (Å²) in [6.07, 6.45) is 3.53. The van der Waals surface area contributed by atoms with Gasteiger partial charge in [-0.25, -0.2) is 9.37 Å². The average Bonchev–Trinajstić information content (AvgIpc) is 3.14. The maximum absolute atomic E-state index is 14.2. The molecule has 3 rings (SSSR count). The maximum Gasteiger partial charge on any atom is 0.257 e. The van der Waals surface area contributed by atoms with E-state index >= 15 is 0 Å². The Kier molecular flexibility index (Phi) is 7.48. The third-order valence-electron chi connectivity index (χ3n) is 4.68. The number of hydrogen-bond acceptors (Lipinski definition) is 3. The van der Waals surface area contributed by atoms with Gasteiger partial charge in [-0.3, -0.25) is 4.79 Å². The first kappa shape index (κ1) is 22.3. The lowest BCUT2D eigenvalue weighted by Gasteiger charge is -2.25. The number of imidazole rings is 1. The van der Waals surface area contributed by atoms with Crippen LogP contribution in [0, 0.1) is 5.82 Å². The number of rotatable bonds is 8. The van der Waals surface area contributed by atoms with E-state index in [-0.39, 0.29) is 18.0 Å². The predicted molar refractivity (Wildman–Crippen MR) is 117 cm³/mol. The first-order valence-electron chi connectivity index (χ1n) is 9.47. The summed E-state index contributed by atoms with van der Waals surface area (Å²) in [5.41, 5.74) is 1.02. The Morgan fingerprint density at radius 2 is 1.87 bits per heavy atom. The van der Waals surface area contributed by atoms with Crippen LogP contribution >= 0.6 is 23.2 Å². The molecule has 5 nitrogen and oxygen atoms in total. The lowest BCUT2D eigenvalue weighted by Crippen LogP contribution is -2.37. The lowest BCUT2D eigenvalue weighted by molar-refractivity contribution is 0.0721. The van der Waals surface area contributed by atoms with Crippen molar-refractivity contribution in [2.45, 2.75) is 13.1 Å². The highest BCUT2D eigenvalue weighted by molar-refractivity contribution is 6.42. The first-order chi connectivity index (χ1) is 14.3. The van der Waals surface area contributed by atoms with Crippen molar-refractivity contribution in [3.8, 4) is 0 Å². The van der Waals surface area contributed by atoms with Gasteiger partial charge in [0.05, 0.1) is 22.2 Å². The molecule has 0 fully saturated rings. The molecule has 0 saturated heterocycles. The summed E-state index contributed by atoms with van der Waals surface area (Å²) in [6.45, 7) is 1.88. The van der Waals surface area contributed by atoms with Crippen molar-refractivity contribution in [1.29, 1.82) is 0 Å². The van der Waals surface area contributed by atoms with E-state index in [4.69, 9.17) is 23.2 Å². The number of nitrogens with zero attached hydrogens (tertiary/aromatic N) is 4. The van der Waals surface area contributed by atoms with E-state index in [2.05, 4.69) is 4.98 Å². The highest BCUT2D eigenvalue weighted by Gasteiger charge is 2.21. The summed E-state index contributed by atoms with van der Waals surface area (Å²) in [5.74, 6) is -0.194. The standard InChI is InChI=1S/C22H23Cl2FN4O/c1-27(2)11-12-29(22(30)17-5-3-4-6-20(17)25)15-21-26-9-10-28(21)14-16-7-8-18(23)19(24)13-16/h3-10,13H,11-12,14-15H2,1-2H3. The van der Waals surface area contributed by atoms with Gasteiger partial charge in [-0.1, -0.05) is 41.4 Å². The molecule has 0 N–H and O–H groups in total. The molecule has 1 heterocycles. The van der Waals surface area contributed by atoms with Crippen molar-refractivity contribution < 1.29 is 9.18 Å². The minimum atomic E-state index is -0.531. The largest absolute Gasteiger partial charge is 0.330 e. The number of halogens is 3. The molecule has 2 aromatic carbocycles. The van der Waals surface area contributed by atoms with Gasteiger partial charge >= 0.3 is 0 Å². The summed E-state index contributed by atoms with van der Waals surface area (Å²) in [7, 11) is 3.86. The highest BCUT2D eigenvalue weighted by Crippen LogP contribution is 2.23. The van der Waals surface area contributed by atoms with Gasteiger partial charge in [0.2, 0.25) is 0 Å². The van der Waals surface area contributed by atoms with Gasteiger partial charge in [-0.2, -0.15) is 0 Å². The van der Waals surface area contributed by atoms with E-state index < -0.39 is 5.82 Å². The molecule has 30 heavy (non-hydrogen) atoms. The molecular formula is C22H23Cl2FN4O. The second kappa shape index (κ2) is 10.1. The molecule has 0 atom stereocenters. The smallest absolute Gasteiger partial charge is 0.257 e. The molecule has 0 bridgehead atoms. The van der Waals surface area contributed by atoms with Crippen molar-refractivity contribution >= 4 is 29.1 Å². The van der Waals surface area contributed by atoms with Gasteiger partial charge < -0.3 is 14.4 Å². The predicted octanol–water partition coefficient (Wildman–Crippen LogP) is 4.58. The van der Waals surface area contributed by atoms with Crippen molar-refractivity contribution in [2.24, 2.45) is 0 Å². The number of benzene rings is 2. The van der Waals surface area contributed by atoms with Gasteiger partial charge in [0, 0.05) is 32.0 Å². The van der Waals surface area contributed by atoms with Crippen molar-refractivity contribution in [1.82, 2.24) is 19.4 Å². The Morgan fingerprint density at radius 3 is 2.57 bits per heavy atom. The highest BCUT2D eigenvalue weighted by atomic mass is 35.5. The minimum Gasteiger partial charge on any atom is -0.330 e. The molecule has 0 unspecified atom stereocenters. The van der Waals surface area contributed by atoms with Crippen molar-refractivity contribution in [2.75, 3.05) is 27.2 Å². The summed E-state index contributed by atoms with van der Waals surface area (Å²) in [6, 6.07) is 11.5. The van der Waals surface area contributed by atoms with E-state index in [1.165, 1.54) is 12.1 Å². The van der Waals surface area contributed by atoms with E-state index in [0.717, 1.165) is 5.56 Å². The molecule has 0 aliphatic rings. The molecule has 158 valence electrons. The number of hydrogen-bond donors (Lipinski definition) is 0.